The predicted octanol–water partition coefficient (Wildman–Crippen LogP) is 1.55. The van der Waals surface area contributed by atoms with E-state index >= 15 is 0 Å². The molecule has 90 valence electrons. The molecule has 4 nitrogen and oxygen atoms in total. The lowest BCUT2D eigenvalue weighted by Crippen LogP contribution is -2.19. The molecule has 0 spiro atoms. The van der Waals surface area contributed by atoms with Crippen LogP contribution < -0.4 is 4.74 Å². The molecule has 0 aliphatic carbocycles. The summed E-state index contributed by atoms with van der Waals surface area (Å²) in [5.74, 6) is 0.549. The van der Waals surface area contributed by atoms with Gasteiger partial charge in [0.2, 0.25) is 5.88 Å². The topological polar surface area (TPSA) is 51.6 Å². The first-order valence-electron chi connectivity index (χ1n) is 5.45. The molecular weight excluding hydrogens is 206 g/mol. The van der Waals surface area contributed by atoms with Gasteiger partial charge in [-0.15, -0.1) is 0 Å². The molecule has 1 N–H and O–H groups in total. The van der Waals surface area contributed by atoms with Crippen molar-refractivity contribution in [2.24, 2.45) is 0 Å². The van der Waals surface area contributed by atoms with Crippen molar-refractivity contribution in [1.29, 1.82) is 0 Å². The van der Waals surface area contributed by atoms with E-state index in [9.17, 15) is 0 Å². The lowest BCUT2D eigenvalue weighted by molar-refractivity contribution is 0.0886. The lowest BCUT2D eigenvalue weighted by atomic mass is 10.2. The highest BCUT2D eigenvalue weighted by Gasteiger charge is 2.07. The number of aliphatic hydroxyl groups excluding tert-OH is 1. The SMILES string of the molecule is CCc1cc(CO)cc(OC(C)COC)n1. The first-order valence-corrected chi connectivity index (χ1v) is 5.45. The zero-order valence-corrected chi connectivity index (χ0v) is 10.1. The number of pyridine rings is 1. The van der Waals surface area contributed by atoms with Gasteiger partial charge in [0, 0.05) is 18.9 Å². The minimum atomic E-state index is -0.0452. The second kappa shape index (κ2) is 6.45. The summed E-state index contributed by atoms with van der Waals surface area (Å²) >= 11 is 0. The van der Waals surface area contributed by atoms with Gasteiger partial charge in [-0.2, -0.15) is 0 Å². The van der Waals surface area contributed by atoms with Crippen LogP contribution in [0, 0.1) is 0 Å². The number of hydrogen-bond donors (Lipinski definition) is 1. The number of aliphatic hydroxyl groups is 1. The molecule has 0 bridgehead atoms. The predicted molar refractivity (Wildman–Crippen MR) is 61.5 cm³/mol. The Kier molecular flexibility index (Phi) is 5.22. The Labute approximate surface area is 96.2 Å². The average molecular weight is 225 g/mol. The maximum atomic E-state index is 9.11. The van der Waals surface area contributed by atoms with Gasteiger partial charge in [-0.3, -0.25) is 0 Å². The molecule has 0 aliphatic rings. The van der Waals surface area contributed by atoms with E-state index in [1.54, 1.807) is 13.2 Å². The van der Waals surface area contributed by atoms with Gasteiger partial charge < -0.3 is 14.6 Å². The first kappa shape index (κ1) is 12.9. The molecule has 1 unspecified atom stereocenters. The van der Waals surface area contributed by atoms with E-state index in [-0.39, 0.29) is 12.7 Å². The highest BCUT2D eigenvalue weighted by molar-refractivity contribution is 5.24. The normalized spacial score (nSPS) is 12.5. The van der Waals surface area contributed by atoms with Gasteiger partial charge in [-0.05, 0) is 25.0 Å². The largest absolute Gasteiger partial charge is 0.472 e. The van der Waals surface area contributed by atoms with Crippen LogP contribution in [0.2, 0.25) is 0 Å². The van der Waals surface area contributed by atoms with Crippen molar-refractivity contribution in [2.75, 3.05) is 13.7 Å². The Bertz CT molecular complexity index is 306. The number of ether oxygens (including phenoxy) is 2. The van der Waals surface area contributed by atoms with Crippen molar-refractivity contribution in [3.63, 3.8) is 0 Å². The zero-order valence-electron chi connectivity index (χ0n) is 10.1. The molecule has 0 aliphatic heterocycles. The highest BCUT2D eigenvalue weighted by Crippen LogP contribution is 2.14. The highest BCUT2D eigenvalue weighted by atomic mass is 16.5. The van der Waals surface area contributed by atoms with Gasteiger partial charge in [-0.1, -0.05) is 6.92 Å². The van der Waals surface area contributed by atoms with Gasteiger partial charge in [-0.25, -0.2) is 4.98 Å². The van der Waals surface area contributed by atoms with Crippen molar-refractivity contribution < 1.29 is 14.6 Å². The standard InChI is InChI=1S/C12H19NO3/c1-4-11-5-10(7-14)6-12(13-11)16-9(2)8-15-3/h5-6,9,14H,4,7-8H2,1-3H3. The van der Waals surface area contributed by atoms with Gasteiger partial charge >= 0.3 is 0 Å². The van der Waals surface area contributed by atoms with E-state index in [4.69, 9.17) is 14.6 Å². The molecule has 1 rings (SSSR count). The smallest absolute Gasteiger partial charge is 0.214 e. The quantitative estimate of drug-likeness (QED) is 0.798. The minimum absolute atomic E-state index is 0.00450. The third-order valence-electron chi connectivity index (χ3n) is 2.18. The van der Waals surface area contributed by atoms with Crippen LogP contribution in [-0.2, 0) is 17.8 Å². The van der Waals surface area contributed by atoms with Crippen molar-refractivity contribution in [2.45, 2.75) is 33.0 Å². The Morgan fingerprint density at radius 1 is 1.44 bits per heavy atom. The molecule has 4 heteroatoms. The van der Waals surface area contributed by atoms with Crippen molar-refractivity contribution >= 4 is 0 Å². The number of methoxy groups -OCH3 is 1. The summed E-state index contributed by atoms with van der Waals surface area (Å²) in [6, 6.07) is 3.64. The van der Waals surface area contributed by atoms with E-state index in [1.807, 2.05) is 19.9 Å². The molecule has 0 saturated carbocycles. The Hall–Kier alpha value is -1.13. The van der Waals surface area contributed by atoms with E-state index in [1.165, 1.54) is 0 Å². The maximum absolute atomic E-state index is 9.11. The first-order chi connectivity index (χ1) is 7.69. The number of hydrogen-bond acceptors (Lipinski definition) is 4. The molecular formula is C12H19NO3. The Morgan fingerprint density at radius 2 is 2.19 bits per heavy atom. The van der Waals surface area contributed by atoms with E-state index in [0.29, 0.717) is 12.5 Å². The molecule has 16 heavy (non-hydrogen) atoms. The van der Waals surface area contributed by atoms with E-state index in [0.717, 1.165) is 17.7 Å². The van der Waals surface area contributed by atoms with Crippen LogP contribution in [0.1, 0.15) is 25.1 Å². The molecule has 0 radical (unpaired) electrons. The number of aryl methyl sites for hydroxylation is 1. The van der Waals surface area contributed by atoms with Gasteiger partial charge in [0.15, 0.2) is 0 Å². The second-order valence-electron chi connectivity index (χ2n) is 3.70. The van der Waals surface area contributed by atoms with Gasteiger partial charge in [0.25, 0.3) is 0 Å². The summed E-state index contributed by atoms with van der Waals surface area (Å²) in [7, 11) is 1.63. The van der Waals surface area contributed by atoms with Crippen LogP contribution in [0.3, 0.4) is 0 Å². The van der Waals surface area contributed by atoms with Crippen LogP contribution >= 0.6 is 0 Å². The molecule has 0 saturated heterocycles. The summed E-state index contributed by atoms with van der Waals surface area (Å²) < 4.78 is 10.6. The Balaban J connectivity index is 2.78. The number of rotatable bonds is 6. The monoisotopic (exact) mass is 225 g/mol. The molecule has 1 aromatic heterocycles. The molecule has 0 amide bonds. The van der Waals surface area contributed by atoms with Gasteiger partial charge in [0.05, 0.1) is 13.2 Å². The Morgan fingerprint density at radius 3 is 2.75 bits per heavy atom. The summed E-state index contributed by atoms with van der Waals surface area (Å²) in [5, 5.41) is 9.11. The zero-order chi connectivity index (χ0) is 12.0. The van der Waals surface area contributed by atoms with Crippen LogP contribution in [0.4, 0.5) is 0 Å². The minimum Gasteiger partial charge on any atom is -0.472 e. The third kappa shape index (κ3) is 3.79. The average Bonchev–Trinajstić information content (AvgIpc) is 2.28. The fourth-order valence-corrected chi connectivity index (χ4v) is 1.43. The van der Waals surface area contributed by atoms with Crippen molar-refractivity contribution in [3.05, 3.63) is 23.4 Å². The summed E-state index contributed by atoms with van der Waals surface area (Å²) in [6.07, 6.45) is 0.777. The number of aromatic nitrogens is 1. The van der Waals surface area contributed by atoms with Crippen LogP contribution in [0.25, 0.3) is 0 Å². The van der Waals surface area contributed by atoms with Gasteiger partial charge in [0.1, 0.15) is 6.10 Å². The van der Waals surface area contributed by atoms with Crippen molar-refractivity contribution in [1.82, 2.24) is 4.98 Å². The summed E-state index contributed by atoms with van der Waals surface area (Å²) in [5.41, 5.74) is 1.75. The van der Waals surface area contributed by atoms with E-state index in [2.05, 4.69) is 4.98 Å². The summed E-state index contributed by atoms with van der Waals surface area (Å²) in [4.78, 5) is 4.33. The molecule has 1 atom stereocenters. The lowest BCUT2D eigenvalue weighted by Gasteiger charge is -2.14. The molecule has 0 fully saturated rings. The molecule has 1 heterocycles. The van der Waals surface area contributed by atoms with Crippen molar-refractivity contribution in [3.8, 4) is 5.88 Å². The fraction of sp³-hybridized carbons (Fsp3) is 0.583. The summed E-state index contributed by atoms with van der Waals surface area (Å²) in [6.45, 7) is 4.46. The van der Waals surface area contributed by atoms with Crippen LogP contribution in [0.15, 0.2) is 12.1 Å². The third-order valence-corrected chi connectivity index (χ3v) is 2.18. The van der Waals surface area contributed by atoms with E-state index < -0.39 is 0 Å². The fourth-order valence-electron chi connectivity index (χ4n) is 1.43. The van der Waals surface area contributed by atoms with Crippen LogP contribution in [-0.4, -0.2) is 29.9 Å². The van der Waals surface area contributed by atoms with Crippen LogP contribution in [0.5, 0.6) is 5.88 Å². The maximum Gasteiger partial charge on any atom is 0.214 e. The molecule has 1 aromatic rings. The second-order valence-corrected chi connectivity index (χ2v) is 3.70. The molecule has 0 aromatic carbocycles. The number of nitrogens with zero attached hydrogens (tertiary/aromatic N) is 1.